The number of hydrogen-bond acceptors (Lipinski definition) is 4. The molecule has 5 nitrogen and oxygen atoms in total. The van der Waals surface area contributed by atoms with E-state index in [0.29, 0.717) is 12.5 Å². The second-order valence-electron chi connectivity index (χ2n) is 7.55. The number of rotatable bonds is 7. The van der Waals surface area contributed by atoms with Crippen LogP contribution in [-0.4, -0.2) is 56.4 Å². The van der Waals surface area contributed by atoms with E-state index in [-0.39, 0.29) is 18.1 Å². The molecule has 0 unspecified atom stereocenters. The van der Waals surface area contributed by atoms with E-state index in [1.54, 1.807) is 0 Å². The molecule has 3 rings (SSSR count). The Bertz CT molecular complexity index is 611. The maximum absolute atomic E-state index is 11.5. The number of amides is 1. The van der Waals surface area contributed by atoms with E-state index < -0.39 is 0 Å². The zero-order valence-corrected chi connectivity index (χ0v) is 15.6. The molecule has 25 heavy (non-hydrogen) atoms. The summed E-state index contributed by atoms with van der Waals surface area (Å²) in [4.78, 5) is 14.0. The second kappa shape index (κ2) is 7.85. The summed E-state index contributed by atoms with van der Waals surface area (Å²) in [6.07, 6.45) is 2.07. The lowest BCUT2D eigenvalue weighted by Crippen LogP contribution is -2.64. The Morgan fingerprint density at radius 1 is 1.40 bits per heavy atom. The van der Waals surface area contributed by atoms with Gasteiger partial charge < -0.3 is 14.8 Å². The molecule has 1 aromatic carbocycles. The van der Waals surface area contributed by atoms with Crippen LogP contribution in [0.5, 0.6) is 0 Å². The van der Waals surface area contributed by atoms with Gasteiger partial charge in [0.1, 0.15) is 6.61 Å². The first kappa shape index (κ1) is 18.4. The molecule has 1 atom stereocenters. The van der Waals surface area contributed by atoms with Gasteiger partial charge in [-0.05, 0) is 43.7 Å². The Morgan fingerprint density at radius 3 is 2.96 bits per heavy atom. The molecule has 0 aromatic heterocycles. The lowest BCUT2D eigenvalue weighted by atomic mass is 9.78. The van der Waals surface area contributed by atoms with Gasteiger partial charge in [0.05, 0.1) is 5.60 Å². The van der Waals surface area contributed by atoms with Gasteiger partial charge in [0.2, 0.25) is 5.91 Å². The van der Waals surface area contributed by atoms with Crippen molar-refractivity contribution < 1.29 is 14.3 Å². The second-order valence-corrected chi connectivity index (χ2v) is 7.55. The van der Waals surface area contributed by atoms with Crippen molar-refractivity contribution in [3.8, 4) is 0 Å². The number of likely N-dealkylation sites (tertiary alicyclic amines) is 1. The van der Waals surface area contributed by atoms with Gasteiger partial charge in [0.15, 0.2) is 0 Å². The van der Waals surface area contributed by atoms with Crippen molar-refractivity contribution in [3.05, 3.63) is 34.9 Å². The molecule has 2 saturated heterocycles. The summed E-state index contributed by atoms with van der Waals surface area (Å²) in [6, 6.07) is 6.67. The number of benzene rings is 1. The zero-order chi connectivity index (χ0) is 17.9. The molecule has 1 amide bonds. The fraction of sp³-hybridized carbons (Fsp3) is 0.650. The van der Waals surface area contributed by atoms with Crippen molar-refractivity contribution in [2.45, 2.75) is 38.8 Å². The van der Waals surface area contributed by atoms with Gasteiger partial charge in [-0.3, -0.25) is 9.69 Å². The van der Waals surface area contributed by atoms with Gasteiger partial charge in [0.25, 0.3) is 0 Å². The molecule has 1 aromatic rings. The molecule has 0 saturated carbocycles. The van der Waals surface area contributed by atoms with E-state index in [1.165, 1.54) is 23.8 Å². The Morgan fingerprint density at radius 2 is 2.20 bits per heavy atom. The predicted octanol–water partition coefficient (Wildman–Crippen LogP) is 2.05. The summed E-state index contributed by atoms with van der Waals surface area (Å²) in [7, 11) is 1.54. The fourth-order valence-corrected chi connectivity index (χ4v) is 4.14. The maximum Gasteiger partial charge on any atom is 0.245 e. The number of carbonyl (C=O) groups excluding carboxylic acids is 1. The summed E-state index contributed by atoms with van der Waals surface area (Å²) in [5, 5.41) is 2.93. The average Bonchev–Trinajstić information content (AvgIpc) is 2.95. The largest absolute Gasteiger partial charge is 0.375 e. The van der Waals surface area contributed by atoms with Crippen molar-refractivity contribution in [2.75, 3.05) is 40.0 Å². The number of nitrogens with one attached hydrogen (secondary N) is 1. The molecule has 138 valence electrons. The third-order valence-corrected chi connectivity index (χ3v) is 5.57. The van der Waals surface area contributed by atoms with Crippen LogP contribution in [-0.2, 0) is 20.8 Å². The summed E-state index contributed by atoms with van der Waals surface area (Å²) >= 11 is 0. The van der Waals surface area contributed by atoms with Crippen molar-refractivity contribution in [1.29, 1.82) is 0 Å². The molecular formula is C20H30N2O3. The zero-order valence-electron chi connectivity index (χ0n) is 15.6. The minimum atomic E-state index is -0.0411. The topological polar surface area (TPSA) is 50.8 Å². The van der Waals surface area contributed by atoms with Gasteiger partial charge in [-0.1, -0.05) is 23.8 Å². The molecular weight excluding hydrogens is 316 g/mol. The highest BCUT2D eigenvalue weighted by Gasteiger charge is 2.52. The van der Waals surface area contributed by atoms with Crippen LogP contribution in [0.2, 0.25) is 0 Å². The molecule has 2 aliphatic rings. The third kappa shape index (κ3) is 4.22. The number of nitrogens with zero attached hydrogens (tertiary/aromatic N) is 1. The van der Waals surface area contributed by atoms with E-state index in [4.69, 9.17) is 9.47 Å². The fourth-order valence-electron chi connectivity index (χ4n) is 4.14. The maximum atomic E-state index is 11.5. The van der Waals surface area contributed by atoms with Gasteiger partial charge in [-0.2, -0.15) is 0 Å². The van der Waals surface area contributed by atoms with Crippen molar-refractivity contribution >= 4 is 5.91 Å². The van der Waals surface area contributed by atoms with E-state index >= 15 is 0 Å². The van der Waals surface area contributed by atoms with Crippen molar-refractivity contribution in [3.63, 3.8) is 0 Å². The highest BCUT2D eigenvalue weighted by Crippen LogP contribution is 2.42. The average molecular weight is 346 g/mol. The molecule has 0 radical (unpaired) electrons. The number of ether oxygens (including phenoxy) is 2. The molecule has 5 heteroatoms. The lowest BCUT2D eigenvalue weighted by molar-refractivity contribution is -0.137. The minimum absolute atomic E-state index is 0.00368. The smallest absolute Gasteiger partial charge is 0.245 e. The molecule has 1 N–H and O–H groups in total. The SMILES string of the molecule is COCC(=O)NCC[C@@H]1CCOC12CN(Cc1cc(C)ccc1C)C2. The monoisotopic (exact) mass is 346 g/mol. The summed E-state index contributed by atoms with van der Waals surface area (Å²) < 4.78 is 11.0. The van der Waals surface area contributed by atoms with E-state index in [0.717, 1.165) is 39.1 Å². The first-order chi connectivity index (χ1) is 12.0. The summed E-state index contributed by atoms with van der Waals surface area (Å²) in [5.41, 5.74) is 4.09. The van der Waals surface area contributed by atoms with Crippen molar-refractivity contribution in [1.82, 2.24) is 10.2 Å². The van der Waals surface area contributed by atoms with Gasteiger partial charge in [-0.15, -0.1) is 0 Å². The quantitative estimate of drug-likeness (QED) is 0.821. The Hall–Kier alpha value is -1.43. The predicted molar refractivity (Wildman–Crippen MR) is 97.5 cm³/mol. The van der Waals surface area contributed by atoms with Crippen LogP contribution in [0.4, 0.5) is 0 Å². The van der Waals surface area contributed by atoms with Gasteiger partial charge in [-0.25, -0.2) is 0 Å². The van der Waals surface area contributed by atoms with Gasteiger partial charge in [0, 0.05) is 39.9 Å². The molecule has 2 fully saturated rings. The van der Waals surface area contributed by atoms with Crippen LogP contribution in [0.25, 0.3) is 0 Å². The normalized spacial score (nSPS) is 22.1. The van der Waals surface area contributed by atoms with Crippen LogP contribution in [0.1, 0.15) is 29.5 Å². The van der Waals surface area contributed by atoms with E-state index in [2.05, 4.69) is 42.3 Å². The Labute approximate surface area is 150 Å². The lowest BCUT2D eigenvalue weighted by Gasteiger charge is -2.50. The van der Waals surface area contributed by atoms with E-state index in [1.807, 2.05) is 0 Å². The van der Waals surface area contributed by atoms with Crippen LogP contribution in [0.3, 0.4) is 0 Å². The highest BCUT2D eigenvalue weighted by molar-refractivity contribution is 5.77. The Balaban J connectivity index is 1.49. The number of carbonyl (C=O) groups is 1. The number of hydrogen-bond donors (Lipinski definition) is 1. The van der Waals surface area contributed by atoms with Crippen molar-refractivity contribution in [2.24, 2.45) is 5.92 Å². The van der Waals surface area contributed by atoms with Gasteiger partial charge >= 0.3 is 0 Å². The molecule has 2 heterocycles. The summed E-state index contributed by atoms with van der Waals surface area (Å²) in [5.74, 6) is 0.492. The standard InChI is InChI=1S/C20H30N2O3/c1-15-4-5-16(2)17(10-15)11-22-13-20(14-22)18(7-9-25-20)6-8-21-19(23)12-24-3/h4-5,10,18H,6-9,11-14H2,1-3H3,(H,21,23)/t18-/m1/s1. The Kier molecular flexibility index (Phi) is 5.77. The molecule has 0 bridgehead atoms. The molecule has 0 aliphatic carbocycles. The third-order valence-electron chi connectivity index (χ3n) is 5.57. The molecule has 1 spiro atoms. The highest BCUT2D eigenvalue weighted by atomic mass is 16.5. The molecule has 2 aliphatic heterocycles. The first-order valence-electron chi connectivity index (χ1n) is 9.20. The minimum Gasteiger partial charge on any atom is -0.375 e. The van der Waals surface area contributed by atoms with Crippen LogP contribution in [0.15, 0.2) is 18.2 Å². The number of aryl methyl sites for hydroxylation is 2. The van der Waals surface area contributed by atoms with Crippen LogP contribution >= 0.6 is 0 Å². The van der Waals surface area contributed by atoms with E-state index in [9.17, 15) is 4.79 Å². The summed E-state index contributed by atoms with van der Waals surface area (Å²) in [6.45, 7) is 9.00. The number of methoxy groups -OCH3 is 1. The first-order valence-corrected chi connectivity index (χ1v) is 9.20. The van der Waals surface area contributed by atoms with Crippen LogP contribution in [0, 0.1) is 19.8 Å². The van der Waals surface area contributed by atoms with Crippen LogP contribution < -0.4 is 5.32 Å².